The Hall–Kier alpha value is -3.22. The SMILES string of the molecule is C.COC(=O)c1nn(COCC[Si](C)(C)C)c2ncnc(NC3CC[C@H](F)[C@H]3O)c12.C[Si](C)(C)CCOCn1nc(Br)c2c(NC3CC[C@H](F)[C@H]3O)ncnc21. The second-order valence-electron chi connectivity index (χ2n) is 16.3. The summed E-state index contributed by atoms with van der Waals surface area (Å²) >= 11 is 3.45. The Balaban J connectivity index is 0.000000246. The van der Waals surface area contributed by atoms with E-state index < -0.39 is 52.7 Å². The molecule has 0 amide bonds. The minimum atomic E-state index is -1.28. The van der Waals surface area contributed by atoms with Crippen LogP contribution in [0.5, 0.6) is 0 Å². The molecule has 56 heavy (non-hydrogen) atoms. The average molecular weight is 888 g/mol. The third-order valence-corrected chi connectivity index (χ3v) is 13.5. The lowest BCUT2D eigenvalue weighted by Gasteiger charge is -2.18. The fourth-order valence-electron chi connectivity index (χ4n) is 6.20. The van der Waals surface area contributed by atoms with Gasteiger partial charge in [-0.15, -0.1) is 0 Å². The molecule has 4 heterocycles. The zero-order valence-corrected chi connectivity index (χ0v) is 36.0. The summed E-state index contributed by atoms with van der Waals surface area (Å²) in [6, 6.07) is 1.21. The number of fused-ring (bicyclic) bond motifs is 2. The summed E-state index contributed by atoms with van der Waals surface area (Å²) in [5, 5.41) is 36.0. The standard InChI is InChI=1S/C18H28FN5O4Si.C16H25BrFN5O2Si.CH4/c1-27-18(26)14-13-16(22-12-6-5-11(19)15(12)25)20-9-21-17(13)24(23-14)10-28-7-8-29(2,3)4;1-26(2,3)7-6-25-9-23-16-12(14(17)22-23)15(19-8-20-16)21-11-5-4-10(18)13(11)24;/h9,11-12,15,25H,5-8,10H2,1-4H3,(H,20,21,22);8,10-11,13,24H,4-7,9H2,1-3H3,(H,19,20,21);1H4/t11-,12?,15+;10-,11?,13+;/m00./s1. The normalized spacial score (nSPS) is 22.5. The molecule has 16 nitrogen and oxygen atoms in total. The fraction of sp³-hybridized carbons (Fsp3) is 0.686. The summed E-state index contributed by atoms with van der Waals surface area (Å²) in [5.74, 6) is 0.208. The number of carbonyl (C=O) groups is 1. The minimum absolute atomic E-state index is 0. The van der Waals surface area contributed by atoms with E-state index in [1.165, 1.54) is 24.4 Å². The average Bonchev–Trinajstić information content (AvgIpc) is 3.86. The molecule has 0 radical (unpaired) electrons. The number of nitrogens with zero attached hydrogens (tertiary/aromatic N) is 8. The molecule has 6 rings (SSSR count). The Kier molecular flexibility index (Phi) is 15.8. The molecule has 0 aliphatic heterocycles. The Morgan fingerprint density at radius 1 is 0.786 bits per heavy atom. The van der Waals surface area contributed by atoms with E-state index in [1.54, 1.807) is 4.68 Å². The molecule has 0 spiro atoms. The van der Waals surface area contributed by atoms with E-state index in [-0.39, 0.29) is 32.3 Å². The zero-order chi connectivity index (χ0) is 40.1. The van der Waals surface area contributed by atoms with Crippen LogP contribution in [0.15, 0.2) is 17.3 Å². The first-order chi connectivity index (χ1) is 26.0. The van der Waals surface area contributed by atoms with Crippen LogP contribution in [0.25, 0.3) is 22.1 Å². The van der Waals surface area contributed by atoms with Gasteiger partial charge in [0.25, 0.3) is 0 Å². The molecule has 0 aromatic carbocycles. The number of ether oxygens (including phenoxy) is 3. The van der Waals surface area contributed by atoms with E-state index in [0.717, 1.165) is 12.1 Å². The van der Waals surface area contributed by atoms with Crippen molar-refractivity contribution in [3.05, 3.63) is 23.0 Å². The molecule has 2 aliphatic carbocycles. The van der Waals surface area contributed by atoms with Crippen molar-refractivity contribution in [3.63, 3.8) is 0 Å². The maximum atomic E-state index is 13.7. The van der Waals surface area contributed by atoms with Gasteiger partial charge in [-0.3, -0.25) is 0 Å². The number of methoxy groups -OCH3 is 1. The lowest BCUT2D eigenvalue weighted by Crippen LogP contribution is -2.33. The van der Waals surface area contributed by atoms with E-state index in [9.17, 15) is 23.8 Å². The van der Waals surface area contributed by atoms with Crippen molar-refractivity contribution in [1.82, 2.24) is 39.5 Å². The third kappa shape index (κ3) is 11.5. The Bertz CT molecular complexity index is 1910. The first-order valence-corrected chi connectivity index (χ1v) is 26.7. The van der Waals surface area contributed by atoms with Crippen LogP contribution in [0.3, 0.4) is 0 Å². The molecule has 6 atom stereocenters. The molecule has 2 saturated carbocycles. The van der Waals surface area contributed by atoms with Gasteiger partial charge >= 0.3 is 5.97 Å². The van der Waals surface area contributed by atoms with E-state index in [4.69, 9.17) is 14.2 Å². The highest BCUT2D eigenvalue weighted by Gasteiger charge is 2.37. The number of carbonyl (C=O) groups excluding carboxylic acids is 1. The number of halogens is 3. The molecular weight excluding hydrogens is 831 g/mol. The number of rotatable bonds is 15. The topological polar surface area (TPSA) is 196 Å². The summed E-state index contributed by atoms with van der Waals surface area (Å²) in [5.41, 5.74) is 1.08. The van der Waals surface area contributed by atoms with Crippen molar-refractivity contribution in [2.45, 2.75) is 135 Å². The van der Waals surface area contributed by atoms with Crippen molar-refractivity contribution in [1.29, 1.82) is 0 Å². The minimum Gasteiger partial charge on any atom is -0.464 e. The van der Waals surface area contributed by atoms with Crippen molar-refractivity contribution in [2.24, 2.45) is 0 Å². The first kappa shape index (κ1) is 45.5. The van der Waals surface area contributed by atoms with Crippen molar-refractivity contribution in [3.8, 4) is 0 Å². The molecule has 312 valence electrons. The van der Waals surface area contributed by atoms with Crippen molar-refractivity contribution >= 4 is 71.7 Å². The Labute approximate surface area is 336 Å². The molecule has 2 fully saturated rings. The molecule has 4 aromatic heterocycles. The van der Waals surface area contributed by atoms with Crippen LogP contribution < -0.4 is 10.6 Å². The van der Waals surface area contributed by atoms with E-state index in [2.05, 4.69) is 96.0 Å². The van der Waals surface area contributed by atoms with E-state index in [0.29, 0.717) is 77.5 Å². The van der Waals surface area contributed by atoms with Gasteiger partial charge in [-0.25, -0.2) is 42.9 Å². The lowest BCUT2D eigenvalue weighted by molar-refractivity contribution is 0.0585. The number of hydrogen-bond acceptors (Lipinski definition) is 14. The van der Waals surface area contributed by atoms with Gasteiger partial charge in [0.15, 0.2) is 17.0 Å². The van der Waals surface area contributed by atoms with Gasteiger partial charge in [-0.2, -0.15) is 10.2 Å². The molecule has 4 N–H and O–H groups in total. The van der Waals surface area contributed by atoms with Crippen LogP contribution >= 0.6 is 15.9 Å². The van der Waals surface area contributed by atoms with Crippen LogP contribution in [0.1, 0.15) is 43.6 Å². The molecule has 21 heteroatoms. The number of hydrogen-bond donors (Lipinski definition) is 4. The monoisotopic (exact) mass is 886 g/mol. The molecule has 2 unspecified atom stereocenters. The number of esters is 1. The van der Waals surface area contributed by atoms with Crippen LogP contribution in [0.2, 0.25) is 51.4 Å². The van der Waals surface area contributed by atoms with Crippen molar-refractivity contribution < 1.29 is 38.0 Å². The van der Waals surface area contributed by atoms with Crippen LogP contribution in [-0.4, -0.2) is 129 Å². The van der Waals surface area contributed by atoms with Gasteiger partial charge in [0.2, 0.25) is 0 Å². The van der Waals surface area contributed by atoms with Gasteiger partial charge in [0.1, 0.15) is 66.9 Å². The zero-order valence-electron chi connectivity index (χ0n) is 32.4. The van der Waals surface area contributed by atoms with Gasteiger partial charge in [-0.1, -0.05) is 46.7 Å². The highest BCUT2D eigenvalue weighted by Crippen LogP contribution is 2.32. The summed E-state index contributed by atoms with van der Waals surface area (Å²) in [7, 11) is -1.10. The number of nitrogens with one attached hydrogen (secondary N) is 2. The lowest BCUT2D eigenvalue weighted by atomic mass is 10.2. The Morgan fingerprint density at radius 2 is 1.23 bits per heavy atom. The second-order valence-corrected chi connectivity index (χ2v) is 28.3. The van der Waals surface area contributed by atoms with E-state index in [1.807, 2.05) is 0 Å². The molecular formula is C35H57BrF2N10O6Si2. The second kappa shape index (κ2) is 19.5. The maximum Gasteiger partial charge on any atom is 0.359 e. The number of anilines is 2. The summed E-state index contributed by atoms with van der Waals surface area (Å²) in [6.07, 6.45) is -0.261. The van der Waals surface area contributed by atoms with Crippen molar-refractivity contribution in [2.75, 3.05) is 31.0 Å². The summed E-state index contributed by atoms with van der Waals surface area (Å²) in [6.45, 7) is 15.4. The maximum absolute atomic E-state index is 13.7. The third-order valence-electron chi connectivity index (χ3n) is 9.53. The predicted octanol–water partition coefficient (Wildman–Crippen LogP) is 6.01. The number of aromatic nitrogens is 8. The molecule has 0 bridgehead atoms. The first-order valence-electron chi connectivity index (χ1n) is 18.5. The quantitative estimate of drug-likeness (QED) is 0.0616. The summed E-state index contributed by atoms with van der Waals surface area (Å²) in [4.78, 5) is 29.3. The largest absolute Gasteiger partial charge is 0.464 e. The van der Waals surface area contributed by atoms with Crippen LogP contribution in [0.4, 0.5) is 20.4 Å². The van der Waals surface area contributed by atoms with Crippen LogP contribution in [-0.2, 0) is 27.7 Å². The number of aliphatic hydroxyl groups is 2. The van der Waals surface area contributed by atoms with E-state index >= 15 is 0 Å². The fourth-order valence-corrected chi connectivity index (χ4v) is 8.27. The van der Waals surface area contributed by atoms with Gasteiger partial charge in [0, 0.05) is 29.4 Å². The highest BCUT2D eigenvalue weighted by molar-refractivity contribution is 9.10. The predicted molar refractivity (Wildman–Crippen MR) is 220 cm³/mol. The number of alkyl halides is 2. The molecule has 4 aromatic rings. The highest BCUT2D eigenvalue weighted by atomic mass is 79.9. The van der Waals surface area contributed by atoms with Crippen LogP contribution in [0, 0.1) is 0 Å². The number of aliphatic hydroxyl groups excluding tert-OH is 2. The van der Waals surface area contributed by atoms with Gasteiger partial charge in [-0.05, 0) is 53.7 Å². The van der Waals surface area contributed by atoms with Gasteiger partial charge in [0.05, 0.1) is 30.0 Å². The van der Waals surface area contributed by atoms with Gasteiger partial charge < -0.3 is 35.1 Å². The smallest absolute Gasteiger partial charge is 0.359 e. The Morgan fingerprint density at radius 3 is 1.66 bits per heavy atom. The summed E-state index contributed by atoms with van der Waals surface area (Å²) < 4.78 is 47.4. The molecule has 0 saturated heterocycles. The molecule has 2 aliphatic rings.